The van der Waals surface area contributed by atoms with Gasteiger partial charge in [-0.1, -0.05) is 49.8 Å². The van der Waals surface area contributed by atoms with Gasteiger partial charge in [0.2, 0.25) is 5.91 Å². The number of hydrogen-bond acceptors (Lipinski definition) is 1. The quantitative estimate of drug-likeness (QED) is 0.536. The highest BCUT2D eigenvalue weighted by molar-refractivity contribution is 14.1. The van der Waals surface area contributed by atoms with Crippen molar-refractivity contribution in [1.29, 1.82) is 0 Å². The number of alkyl halides is 1. The molecule has 0 radical (unpaired) electrons. The maximum Gasteiger partial charge on any atom is 0.222 e. The number of carbonyl (C=O) groups excluding carboxylic acids is 1. The van der Waals surface area contributed by atoms with E-state index in [9.17, 15) is 4.79 Å². The molecule has 0 N–H and O–H groups in total. The van der Waals surface area contributed by atoms with Crippen LogP contribution in [0.2, 0.25) is 0 Å². The van der Waals surface area contributed by atoms with Gasteiger partial charge in [-0.2, -0.15) is 0 Å². The van der Waals surface area contributed by atoms with Gasteiger partial charge >= 0.3 is 0 Å². The number of carbonyl (C=O) groups is 1. The third kappa shape index (κ3) is 5.06. The van der Waals surface area contributed by atoms with Gasteiger partial charge in [0, 0.05) is 22.4 Å². The molecule has 0 spiro atoms. The Balaban J connectivity index is 2.90. The molecule has 1 fully saturated rings. The summed E-state index contributed by atoms with van der Waals surface area (Å²) in [6.07, 6.45) is 5.26. The summed E-state index contributed by atoms with van der Waals surface area (Å²) >= 11 is 2.51. The molecule has 1 saturated heterocycles. The Kier molecular flexibility index (Phi) is 5.51. The lowest BCUT2D eigenvalue weighted by molar-refractivity contribution is -0.134. The number of amides is 1. The highest BCUT2D eigenvalue weighted by Crippen LogP contribution is 2.36. The minimum absolute atomic E-state index is 0.130. The molecular weight excluding hydrogens is 337 g/mol. The fraction of sp³-hybridized carbons (Fsp3) is 0.933. The van der Waals surface area contributed by atoms with Crippen molar-refractivity contribution in [2.45, 2.75) is 76.2 Å². The van der Waals surface area contributed by atoms with E-state index in [0.717, 1.165) is 25.8 Å². The maximum absolute atomic E-state index is 12.3. The molecule has 1 atom stereocenters. The fourth-order valence-electron chi connectivity index (χ4n) is 2.64. The second-order valence-corrected chi connectivity index (χ2v) is 10.0. The molecule has 1 amide bonds. The van der Waals surface area contributed by atoms with E-state index in [1.54, 1.807) is 0 Å². The zero-order chi connectivity index (χ0) is 14.0. The molecule has 0 aromatic carbocycles. The van der Waals surface area contributed by atoms with Crippen LogP contribution in [0.15, 0.2) is 0 Å². The Bertz CT molecular complexity index is 288. The number of rotatable bonds is 3. The van der Waals surface area contributed by atoms with E-state index in [1.165, 1.54) is 12.8 Å². The van der Waals surface area contributed by atoms with Crippen molar-refractivity contribution < 1.29 is 4.79 Å². The van der Waals surface area contributed by atoms with E-state index < -0.39 is 0 Å². The van der Waals surface area contributed by atoms with Crippen molar-refractivity contribution in [2.75, 3.05) is 6.54 Å². The zero-order valence-electron chi connectivity index (χ0n) is 12.6. The van der Waals surface area contributed by atoms with Crippen molar-refractivity contribution in [3.63, 3.8) is 0 Å². The first-order valence-corrected chi connectivity index (χ1v) is 8.17. The van der Waals surface area contributed by atoms with Crippen LogP contribution < -0.4 is 0 Å². The van der Waals surface area contributed by atoms with Gasteiger partial charge in [-0.25, -0.2) is 0 Å². The summed E-state index contributed by atoms with van der Waals surface area (Å²) in [6.45, 7) is 12.3. The number of hydrogen-bond donors (Lipinski definition) is 0. The molecular formula is C15H28INO. The van der Waals surface area contributed by atoms with E-state index in [1.807, 2.05) is 0 Å². The molecule has 1 heterocycles. The molecule has 1 rings (SSSR count). The van der Waals surface area contributed by atoms with Gasteiger partial charge in [0.25, 0.3) is 0 Å². The largest absolute Gasteiger partial charge is 0.338 e. The van der Waals surface area contributed by atoms with Crippen molar-refractivity contribution in [3.05, 3.63) is 0 Å². The van der Waals surface area contributed by atoms with Gasteiger partial charge < -0.3 is 4.90 Å². The molecule has 0 aromatic heterocycles. The molecule has 0 aromatic rings. The Morgan fingerprint density at radius 2 is 1.78 bits per heavy atom. The van der Waals surface area contributed by atoms with Crippen molar-refractivity contribution >= 4 is 28.5 Å². The van der Waals surface area contributed by atoms with Crippen LogP contribution in [0.1, 0.15) is 66.7 Å². The average Bonchev–Trinajstić information content (AvgIpc) is 2.36. The Hall–Kier alpha value is 0.200. The van der Waals surface area contributed by atoms with Crippen molar-refractivity contribution in [1.82, 2.24) is 4.90 Å². The number of halogens is 1. The smallest absolute Gasteiger partial charge is 0.222 e. The number of nitrogens with zero attached hydrogens (tertiary/aromatic N) is 1. The van der Waals surface area contributed by atoms with E-state index in [0.29, 0.717) is 11.9 Å². The molecule has 1 aliphatic heterocycles. The maximum atomic E-state index is 12.3. The molecule has 1 aliphatic rings. The van der Waals surface area contributed by atoms with Gasteiger partial charge in [-0.05, 0) is 38.5 Å². The molecule has 1 unspecified atom stereocenters. The standard InChI is InChI=1S/C15H28INO/c1-14(2,3)11-12(15(4,5)16)17-10-8-6-7-9-13(17)18/h12H,6-11H2,1-5H3. The van der Waals surface area contributed by atoms with Crippen molar-refractivity contribution in [2.24, 2.45) is 5.41 Å². The lowest BCUT2D eigenvalue weighted by Gasteiger charge is -2.42. The van der Waals surface area contributed by atoms with Crippen LogP contribution in [-0.2, 0) is 4.79 Å². The minimum Gasteiger partial charge on any atom is -0.338 e. The predicted octanol–water partition coefficient (Wildman–Crippen LogP) is 4.41. The molecule has 2 nitrogen and oxygen atoms in total. The first kappa shape index (κ1) is 16.3. The summed E-state index contributed by atoms with van der Waals surface area (Å²) in [6, 6.07) is 0.351. The van der Waals surface area contributed by atoms with Crippen LogP contribution in [0.3, 0.4) is 0 Å². The topological polar surface area (TPSA) is 20.3 Å². The third-order valence-electron chi connectivity index (χ3n) is 3.58. The summed E-state index contributed by atoms with van der Waals surface area (Å²) in [5, 5.41) is 0. The van der Waals surface area contributed by atoms with Crippen molar-refractivity contribution in [3.8, 4) is 0 Å². The van der Waals surface area contributed by atoms with E-state index in [-0.39, 0.29) is 8.84 Å². The van der Waals surface area contributed by atoms with Gasteiger partial charge in [0.1, 0.15) is 0 Å². The van der Waals surface area contributed by atoms with Gasteiger partial charge in [0.15, 0.2) is 0 Å². The Morgan fingerprint density at radius 1 is 1.17 bits per heavy atom. The average molecular weight is 365 g/mol. The second kappa shape index (κ2) is 6.10. The highest BCUT2D eigenvalue weighted by atomic mass is 127. The Morgan fingerprint density at radius 3 is 2.28 bits per heavy atom. The first-order valence-electron chi connectivity index (χ1n) is 7.10. The summed E-state index contributed by atoms with van der Waals surface area (Å²) in [5.41, 5.74) is 0.264. The van der Waals surface area contributed by atoms with E-state index >= 15 is 0 Å². The van der Waals surface area contributed by atoms with Crippen LogP contribution >= 0.6 is 22.6 Å². The molecule has 106 valence electrons. The lowest BCUT2D eigenvalue weighted by Crippen LogP contribution is -2.50. The predicted molar refractivity (Wildman–Crippen MR) is 86.1 cm³/mol. The van der Waals surface area contributed by atoms with E-state index in [4.69, 9.17) is 0 Å². The minimum atomic E-state index is 0.130. The SMILES string of the molecule is CC(C)(C)CC(N1CCCCCC1=O)C(C)(C)I. The Labute approximate surface area is 126 Å². The summed E-state index contributed by atoms with van der Waals surface area (Å²) in [5.74, 6) is 0.367. The molecule has 3 heteroatoms. The van der Waals surface area contributed by atoms with E-state index in [2.05, 4.69) is 62.1 Å². The number of likely N-dealkylation sites (tertiary alicyclic amines) is 1. The van der Waals surface area contributed by atoms with Crippen LogP contribution in [-0.4, -0.2) is 26.8 Å². The first-order chi connectivity index (χ1) is 8.11. The van der Waals surface area contributed by atoms with Crippen LogP contribution in [0.25, 0.3) is 0 Å². The normalized spacial score (nSPS) is 20.8. The molecule has 0 saturated carbocycles. The molecule has 18 heavy (non-hydrogen) atoms. The summed E-state index contributed by atoms with van der Waals surface area (Å²) in [4.78, 5) is 14.5. The molecule has 0 aliphatic carbocycles. The van der Waals surface area contributed by atoms with Crippen LogP contribution in [0, 0.1) is 5.41 Å². The molecule has 0 bridgehead atoms. The summed E-state index contributed by atoms with van der Waals surface area (Å²) in [7, 11) is 0. The summed E-state index contributed by atoms with van der Waals surface area (Å²) < 4.78 is 0.130. The van der Waals surface area contributed by atoms with Crippen LogP contribution in [0.5, 0.6) is 0 Å². The zero-order valence-corrected chi connectivity index (χ0v) is 14.7. The third-order valence-corrected chi connectivity index (χ3v) is 4.30. The fourth-order valence-corrected chi connectivity index (χ4v) is 3.19. The van der Waals surface area contributed by atoms with Gasteiger partial charge in [0.05, 0.1) is 0 Å². The highest BCUT2D eigenvalue weighted by Gasteiger charge is 2.37. The lowest BCUT2D eigenvalue weighted by atomic mass is 9.83. The second-order valence-electron chi connectivity index (χ2n) is 7.24. The monoisotopic (exact) mass is 365 g/mol. The van der Waals surface area contributed by atoms with Gasteiger partial charge in [-0.3, -0.25) is 4.79 Å². The van der Waals surface area contributed by atoms with Gasteiger partial charge in [-0.15, -0.1) is 0 Å². The van der Waals surface area contributed by atoms with Crippen LogP contribution in [0.4, 0.5) is 0 Å².